The van der Waals surface area contributed by atoms with Crippen LogP contribution in [0.4, 0.5) is 5.69 Å². The van der Waals surface area contributed by atoms with Gasteiger partial charge >= 0.3 is 0 Å². The number of nitrogens with one attached hydrogen (secondary N) is 1. The highest BCUT2D eigenvalue weighted by molar-refractivity contribution is 7.89. The molecule has 1 amide bonds. The van der Waals surface area contributed by atoms with Gasteiger partial charge in [0.25, 0.3) is 21.5 Å². The van der Waals surface area contributed by atoms with Crippen LogP contribution in [0, 0.1) is 6.92 Å². The molecule has 0 aromatic carbocycles. The maximum absolute atomic E-state index is 12.9. The first kappa shape index (κ1) is 23.5. The van der Waals surface area contributed by atoms with Crippen LogP contribution in [0.2, 0.25) is 0 Å². The Morgan fingerprint density at radius 2 is 2.00 bits per heavy atom. The predicted octanol–water partition coefficient (Wildman–Crippen LogP) is 0.576. The Bertz CT molecular complexity index is 1230. The number of aryl methyl sites for hydroxylation is 1. The predicted molar refractivity (Wildman–Crippen MR) is 112 cm³/mol. The SMILES string of the molecule is Cc1oc2ncn(CCN(C)C)c(=O)c2c1C(=O)Nc1ccc(S(N)(=O)=O)nc1.Cl. The summed E-state index contributed by atoms with van der Waals surface area (Å²) in [5.41, 5.74) is -0.0248. The highest BCUT2D eigenvalue weighted by Crippen LogP contribution is 2.22. The number of halogens is 1. The zero-order valence-corrected chi connectivity index (χ0v) is 18.1. The number of fused-ring (bicyclic) bond motifs is 1. The third-order valence-corrected chi connectivity index (χ3v) is 4.98. The van der Waals surface area contributed by atoms with Gasteiger partial charge in [-0.25, -0.2) is 23.5 Å². The van der Waals surface area contributed by atoms with Crippen LogP contribution in [0.25, 0.3) is 11.1 Å². The zero-order chi connectivity index (χ0) is 21.3. The number of furan rings is 1. The van der Waals surface area contributed by atoms with E-state index in [0.29, 0.717) is 13.1 Å². The van der Waals surface area contributed by atoms with Gasteiger partial charge in [-0.15, -0.1) is 12.4 Å². The van der Waals surface area contributed by atoms with Crippen LogP contribution >= 0.6 is 12.4 Å². The Morgan fingerprint density at radius 1 is 1.30 bits per heavy atom. The number of rotatable bonds is 6. The molecule has 0 aliphatic rings. The fourth-order valence-electron chi connectivity index (χ4n) is 2.69. The summed E-state index contributed by atoms with van der Waals surface area (Å²) in [4.78, 5) is 35.4. The number of aromatic nitrogens is 3. The van der Waals surface area contributed by atoms with Crippen LogP contribution < -0.4 is 16.0 Å². The lowest BCUT2D eigenvalue weighted by Crippen LogP contribution is -2.27. The van der Waals surface area contributed by atoms with Gasteiger partial charge in [-0.2, -0.15) is 0 Å². The molecule has 11 nitrogen and oxygen atoms in total. The second-order valence-electron chi connectivity index (χ2n) is 6.64. The average molecular weight is 457 g/mol. The molecule has 3 rings (SSSR count). The van der Waals surface area contributed by atoms with Crippen molar-refractivity contribution in [3.8, 4) is 0 Å². The van der Waals surface area contributed by atoms with Crippen molar-refractivity contribution in [2.24, 2.45) is 5.14 Å². The molecule has 0 aliphatic heterocycles. The Morgan fingerprint density at radius 3 is 2.57 bits per heavy atom. The average Bonchev–Trinajstić information content (AvgIpc) is 2.97. The lowest BCUT2D eigenvalue weighted by Gasteiger charge is -2.10. The highest BCUT2D eigenvalue weighted by Gasteiger charge is 2.23. The summed E-state index contributed by atoms with van der Waals surface area (Å²) >= 11 is 0. The molecule has 0 saturated carbocycles. The van der Waals surface area contributed by atoms with Gasteiger partial charge in [0.05, 0.1) is 17.4 Å². The molecular weight excluding hydrogens is 436 g/mol. The van der Waals surface area contributed by atoms with Gasteiger partial charge in [-0.05, 0) is 33.2 Å². The van der Waals surface area contributed by atoms with E-state index >= 15 is 0 Å². The first-order valence-electron chi connectivity index (χ1n) is 8.51. The number of anilines is 1. The lowest BCUT2D eigenvalue weighted by molar-refractivity contribution is 0.102. The fraction of sp³-hybridized carbons (Fsp3) is 0.294. The number of carbonyl (C=O) groups excluding carboxylic acids is 1. The lowest BCUT2D eigenvalue weighted by atomic mass is 10.1. The monoisotopic (exact) mass is 456 g/mol. The number of amides is 1. The first-order valence-corrected chi connectivity index (χ1v) is 10.1. The van der Waals surface area contributed by atoms with E-state index < -0.39 is 15.9 Å². The maximum Gasteiger partial charge on any atom is 0.265 e. The van der Waals surface area contributed by atoms with E-state index in [1.807, 2.05) is 19.0 Å². The molecule has 3 N–H and O–H groups in total. The van der Waals surface area contributed by atoms with Crippen molar-refractivity contribution < 1.29 is 17.6 Å². The Kier molecular flexibility index (Phi) is 6.98. The van der Waals surface area contributed by atoms with Crippen molar-refractivity contribution in [2.45, 2.75) is 18.5 Å². The van der Waals surface area contributed by atoms with Crippen LogP contribution in [0.15, 0.2) is 38.9 Å². The molecule has 0 atom stereocenters. The van der Waals surface area contributed by atoms with Crippen molar-refractivity contribution in [1.82, 2.24) is 19.4 Å². The molecule has 162 valence electrons. The van der Waals surface area contributed by atoms with Gasteiger partial charge in [0.1, 0.15) is 17.5 Å². The van der Waals surface area contributed by atoms with Crippen LogP contribution in [0.1, 0.15) is 16.1 Å². The Balaban J connectivity index is 0.00000320. The van der Waals surface area contributed by atoms with Crippen LogP contribution in [-0.2, 0) is 16.6 Å². The number of hydrogen-bond acceptors (Lipinski definition) is 8. The standard InChI is InChI=1S/C17H20N6O5S.ClH/c1-10-13(15(24)21-11-4-5-12(19-8-11)29(18,26)27)14-16(28-10)20-9-23(17(14)25)7-6-22(2)3;/h4-5,8-9H,6-7H2,1-3H3,(H,21,24)(H2,18,26,27);1H. The summed E-state index contributed by atoms with van der Waals surface area (Å²) in [7, 11) is -0.179. The molecule has 0 unspecified atom stereocenters. The summed E-state index contributed by atoms with van der Waals surface area (Å²) < 4.78 is 29.4. The van der Waals surface area contributed by atoms with E-state index in [2.05, 4.69) is 15.3 Å². The third-order valence-electron chi connectivity index (χ3n) is 4.16. The smallest absolute Gasteiger partial charge is 0.265 e. The molecule has 3 aromatic rings. The second-order valence-corrected chi connectivity index (χ2v) is 8.15. The molecular formula is C17H21ClN6O5S. The molecule has 30 heavy (non-hydrogen) atoms. The first-order chi connectivity index (χ1) is 13.6. The molecule has 3 heterocycles. The largest absolute Gasteiger partial charge is 0.442 e. The number of carbonyl (C=O) groups is 1. The summed E-state index contributed by atoms with van der Waals surface area (Å²) in [6, 6.07) is 2.51. The Hall–Kier alpha value is -2.80. The quantitative estimate of drug-likeness (QED) is 0.545. The maximum atomic E-state index is 12.9. The number of hydrogen-bond donors (Lipinski definition) is 2. The summed E-state index contributed by atoms with van der Waals surface area (Å²) in [6.07, 6.45) is 2.54. The minimum Gasteiger partial charge on any atom is -0.442 e. The van der Waals surface area contributed by atoms with Crippen LogP contribution in [-0.4, -0.2) is 54.4 Å². The van der Waals surface area contributed by atoms with Crippen LogP contribution in [0.5, 0.6) is 0 Å². The van der Waals surface area contributed by atoms with E-state index in [4.69, 9.17) is 9.56 Å². The topological polar surface area (TPSA) is 153 Å². The summed E-state index contributed by atoms with van der Waals surface area (Å²) in [5, 5.41) is 7.33. The van der Waals surface area contributed by atoms with E-state index in [0.717, 1.165) is 6.20 Å². The number of likely N-dealkylation sites (N-methyl/N-ethyl adjacent to an activating group) is 1. The minimum atomic E-state index is -3.94. The number of nitrogens with two attached hydrogens (primary N) is 1. The van der Waals surface area contributed by atoms with Crippen molar-refractivity contribution in [2.75, 3.05) is 26.0 Å². The summed E-state index contributed by atoms with van der Waals surface area (Å²) in [6.45, 7) is 2.58. The van der Waals surface area contributed by atoms with Gasteiger partial charge in [0.15, 0.2) is 5.03 Å². The Labute approximate surface area is 178 Å². The highest BCUT2D eigenvalue weighted by atomic mass is 35.5. The number of pyridine rings is 1. The van der Waals surface area contributed by atoms with Crippen molar-refractivity contribution >= 4 is 45.1 Å². The molecule has 0 bridgehead atoms. The van der Waals surface area contributed by atoms with Crippen LogP contribution in [0.3, 0.4) is 0 Å². The molecule has 0 radical (unpaired) electrons. The molecule has 13 heteroatoms. The number of sulfonamides is 1. The van der Waals surface area contributed by atoms with Gasteiger partial charge in [0, 0.05) is 13.1 Å². The summed E-state index contributed by atoms with van der Waals surface area (Å²) in [5.74, 6) is -0.364. The van der Waals surface area contributed by atoms with E-state index in [1.165, 1.54) is 23.0 Å². The third kappa shape index (κ3) is 4.84. The molecule has 3 aromatic heterocycles. The van der Waals surface area contributed by atoms with Gasteiger partial charge in [-0.1, -0.05) is 0 Å². The molecule has 0 spiro atoms. The second kappa shape index (κ2) is 8.92. The number of nitrogens with zero attached hydrogens (tertiary/aromatic N) is 4. The van der Waals surface area contributed by atoms with Gasteiger partial charge in [0.2, 0.25) is 5.71 Å². The minimum absolute atomic E-state index is 0. The number of primary sulfonamides is 1. The zero-order valence-electron chi connectivity index (χ0n) is 16.4. The van der Waals surface area contributed by atoms with E-state index in [9.17, 15) is 18.0 Å². The van der Waals surface area contributed by atoms with Crippen molar-refractivity contribution in [3.05, 3.63) is 46.3 Å². The van der Waals surface area contributed by atoms with E-state index in [-0.39, 0.29) is 51.1 Å². The van der Waals surface area contributed by atoms with Crippen molar-refractivity contribution in [3.63, 3.8) is 0 Å². The molecule has 0 saturated heterocycles. The normalized spacial score (nSPS) is 11.5. The fourth-order valence-corrected chi connectivity index (χ4v) is 3.15. The van der Waals surface area contributed by atoms with E-state index in [1.54, 1.807) is 6.92 Å². The molecule has 0 fully saturated rings. The molecule has 0 aliphatic carbocycles. The van der Waals surface area contributed by atoms with Crippen molar-refractivity contribution in [1.29, 1.82) is 0 Å². The van der Waals surface area contributed by atoms with Gasteiger partial charge in [-0.3, -0.25) is 14.2 Å². The van der Waals surface area contributed by atoms with Gasteiger partial charge < -0.3 is 14.6 Å².